The average Bonchev–Trinajstić information content (AvgIpc) is 2.48. The molecule has 0 saturated heterocycles. The lowest BCUT2D eigenvalue weighted by Crippen LogP contribution is -2.25. The molecule has 0 bridgehead atoms. The van der Waals surface area contributed by atoms with Crippen molar-refractivity contribution in [1.29, 1.82) is 0 Å². The summed E-state index contributed by atoms with van der Waals surface area (Å²) in [6.07, 6.45) is 10.6. The third-order valence-electron chi connectivity index (χ3n) is 4.18. The molecule has 1 rings (SSSR count). The van der Waals surface area contributed by atoms with Crippen molar-refractivity contribution in [2.24, 2.45) is 0 Å². The number of rotatable bonds is 11. The fourth-order valence-electron chi connectivity index (χ4n) is 2.69. The highest BCUT2D eigenvalue weighted by molar-refractivity contribution is 5.58. The van der Waals surface area contributed by atoms with E-state index >= 15 is 0 Å². The van der Waals surface area contributed by atoms with E-state index in [4.69, 9.17) is 5.73 Å². The van der Waals surface area contributed by atoms with Gasteiger partial charge in [0.05, 0.1) is 0 Å². The Labute approximate surface area is 131 Å². The Morgan fingerprint density at radius 3 is 1.90 bits per heavy atom. The van der Waals surface area contributed by atoms with E-state index in [0.717, 1.165) is 5.69 Å². The highest BCUT2D eigenvalue weighted by Gasteiger charge is 2.07. The quantitative estimate of drug-likeness (QED) is 0.428. The van der Waals surface area contributed by atoms with Gasteiger partial charge in [0.15, 0.2) is 0 Å². The molecule has 0 spiro atoms. The molecule has 21 heavy (non-hydrogen) atoms. The van der Waals surface area contributed by atoms with Crippen LogP contribution in [0, 0.1) is 6.92 Å². The van der Waals surface area contributed by atoms with Gasteiger partial charge in [0, 0.05) is 24.5 Å². The summed E-state index contributed by atoms with van der Waals surface area (Å²) in [4.78, 5) is 2.55. The van der Waals surface area contributed by atoms with Crippen molar-refractivity contribution < 1.29 is 0 Å². The Morgan fingerprint density at radius 1 is 0.857 bits per heavy atom. The van der Waals surface area contributed by atoms with Crippen LogP contribution in [-0.4, -0.2) is 13.1 Å². The summed E-state index contributed by atoms with van der Waals surface area (Å²) in [6, 6.07) is 6.48. The number of hydrogen-bond acceptors (Lipinski definition) is 2. The second-order valence-electron chi connectivity index (χ2n) is 6.15. The zero-order chi connectivity index (χ0) is 15.5. The van der Waals surface area contributed by atoms with Gasteiger partial charge >= 0.3 is 0 Å². The molecule has 0 amide bonds. The smallest absolute Gasteiger partial charge is 0.0370 e. The molecular formula is C19H34N2. The third-order valence-corrected chi connectivity index (χ3v) is 4.18. The van der Waals surface area contributed by atoms with Crippen molar-refractivity contribution in [2.45, 2.75) is 72.1 Å². The standard InChI is InChI=1S/C19H34N2/c1-4-6-8-10-14-21(15-11-9-7-5-2)18-12-13-19(20)17(3)16-18/h12-13,16H,4-11,14-15,20H2,1-3H3. The van der Waals surface area contributed by atoms with Gasteiger partial charge in [-0.15, -0.1) is 0 Å². The lowest BCUT2D eigenvalue weighted by Gasteiger charge is -2.25. The van der Waals surface area contributed by atoms with Gasteiger partial charge in [0.2, 0.25) is 0 Å². The predicted octanol–water partition coefficient (Wildman–Crippen LogP) is 5.54. The molecule has 1 aromatic rings. The molecule has 120 valence electrons. The molecule has 1 aromatic carbocycles. The number of aryl methyl sites for hydroxylation is 1. The monoisotopic (exact) mass is 290 g/mol. The van der Waals surface area contributed by atoms with E-state index in [1.807, 2.05) is 0 Å². The van der Waals surface area contributed by atoms with Crippen LogP contribution in [0.15, 0.2) is 18.2 Å². The van der Waals surface area contributed by atoms with Crippen LogP contribution in [0.25, 0.3) is 0 Å². The van der Waals surface area contributed by atoms with Crippen LogP contribution in [0.5, 0.6) is 0 Å². The van der Waals surface area contributed by atoms with E-state index in [-0.39, 0.29) is 0 Å². The van der Waals surface area contributed by atoms with Gasteiger partial charge in [0.1, 0.15) is 0 Å². The van der Waals surface area contributed by atoms with E-state index < -0.39 is 0 Å². The SMILES string of the molecule is CCCCCCN(CCCCCC)c1ccc(N)c(C)c1. The van der Waals surface area contributed by atoms with E-state index in [2.05, 4.69) is 43.9 Å². The third kappa shape index (κ3) is 6.88. The summed E-state index contributed by atoms with van der Waals surface area (Å²) >= 11 is 0. The van der Waals surface area contributed by atoms with Crippen LogP contribution in [0.2, 0.25) is 0 Å². The Balaban J connectivity index is 2.58. The molecule has 0 aliphatic carbocycles. The Hall–Kier alpha value is -1.18. The van der Waals surface area contributed by atoms with Gasteiger partial charge in [-0.3, -0.25) is 0 Å². The molecule has 2 heteroatoms. The molecule has 0 fully saturated rings. The topological polar surface area (TPSA) is 29.3 Å². The molecule has 0 aliphatic rings. The number of benzene rings is 1. The predicted molar refractivity (Wildman–Crippen MR) is 96.1 cm³/mol. The van der Waals surface area contributed by atoms with E-state index in [1.165, 1.54) is 75.7 Å². The maximum absolute atomic E-state index is 5.95. The van der Waals surface area contributed by atoms with Crippen LogP contribution < -0.4 is 10.6 Å². The van der Waals surface area contributed by atoms with Gasteiger partial charge < -0.3 is 10.6 Å². The molecule has 0 heterocycles. The van der Waals surface area contributed by atoms with Crippen molar-refractivity contribution in [1.82, 2.24) is 0 Å². The molecule has 0 radical (unpaired) electrons. The normalized spacial score (nSPS) is 10.8. The summed E-state index contributed by atoms with van der Waals surface area (Å²) in [6.45, 7) is 8.99. The fraction of sp³-hybridized carbons (Fsp3) is 0.684. The van der Waals surface area contributed by atoms with Crippen LogP contribution in [-0.2, 0) is 0 Å². The van der Waals surface area contributed by atoms with E-state index in [1.54, 1.807) is 0 Å². The maximum atomic E-state index is 5.95. The minimum Gasteiger partial charge on any atom is -0.399 e. The summed E-state index contributed by atoms with van der Waals surface area (Å²) in [5, 5.41) is 0. The zero-order valence-corrected chi connectivity index (χ0v) is 14.3. The minimum absolute atomic E-state index is 0.899. The number of anilines is 2. The first-order chi connectivity index (χ1) is 10.2. The first-order valence-corrected chi connectivity index (χ1v) is 8.80. The molecule has 0 aliphatic heterocycles. The number of nitrogens with two attached hydrogens (primary N) is 1. The van der Waals surface area contributed by atoms with Crippen molar-refractivity contribution >= 4 is 11.4 Å². The molecule has 0 aromatic heterocycles. The van der Waals surface area contributed by atoms with Gasteiger partial charge in [-0.1, -0.05) is 52.4 Å². The fourth-order valence-corrected chi connectivity index (χ4v) is 2.69. The molecule has 2 nitrogen and oxygen atoms in total. The molecule has 0 saturated carbocycles. The summed E-state index contributed by atoms with van der Waals surface area (Å²) in [5.74, 6) is 0. The van der Waals surface area contributed by atoms with Crippen LogP contribution in [0.1, 0.15) is 70.8 Å². The lowest BCUT2D eigenvalue weighted by atomic mass is 10.1. The zero-order valence-electron chi connectivity index (χ0n) is 14.3. The highest BCUT2D eigenvalue weighted by atomic mass is 15.1. The van der Waals surface area contributed by atoms with Crippen molar-refractivity contribution in [2.75, 3.05) is 23.7 Å². The summed E-state index contributed by atoms with van der Waals surface area (Å²) in [5.41, 5.74) is 9.38. The Morgan fingerprint density at radius 2 is 1.43 bits per heavy atom. The number of nitrogens with zero attached hydrogens (tertiary/aromatic N) is 1. The average molecular weight is 290 g/mol. The van der Waals surface area contributed by atoms with Gasteiger partial charge in [0.25, 0.3) is 0 Å². The van der Waals surface area contributed by atoms with Crippen molar-refractivity contribution in [3.63, 3.8) is 0 Å². The number of unbranched alkanes of at least 4 members (excludes halogenated alkanes) is 6. The molecule has 2 N–H and O–H groups in total. The second-order valence-corrected chi connectivity index (χ2v) is 6.15. The van der Waals surface area contributed by atoms with Crippen LogP contribution in [0.4, 0.5) is 11.4 Å². The van der Waals surface area contributed by atoms with Crippen molar-refractivity contribution in [3.05, 3.63) is 23.8 Å². The molecule has 0 unspecified atom stereocenters. The van der Waals surface area contributed by atoms with Crippen LogP contribution in [0.3, 0.4) is 0 Å². The Bertz CT molecular complexity index is 375. The van der Waals surface area contributed by atoms with Crippen LogP contribution >= 0.6 is 0 Å². The summed E-state index contributed by atoms with van der Waals surface area (Å²) < 4.78 is 0. The second kappa shape index (κ2) is 10.5. The Kier molecular flexibility index (Phi) is 8.96. The molecule has 0 atom stereocenters. The van der Waals surface area contributed by atoms with Crippen molar-refractivity contribution in [3.8, 4) is 0 Å². The summed E-state index contributed by atoms with van der Waals surface area (Å²) in [7, 11) is 0. The number of hydrogen-bond donors (Lipinski definition) is 1. The minimum atomic E-state index is 0.899. The largest absolute Gasteiger partial charge is 0.399 e. The number of nitrogen functional groups attached to an aromatic ring is 1. The highest BCUT2D eigenvalue weighted by Crippen LogP contribution is 2.22. The van der Waals surface area contributed by atoms with E-state index in [9.17, 15) is 0 Å². The maximum Gasteiger partial charge on any atom is 0.0370 e. The van der Waals surface area contributed by atoms with Gasteiger partial charge in [-0.05, 0) is 43.5 Å². The van der Waals surface area contributed by atoms with E-state index in [0.29, 0.717) is 0 Å². The van der Waals surface area contributed by atoms with Gasteiger partial charge in [-0.2, -0.15) is 0 Å². The first kappa shape index (κ1) is 17.9. The first-order valence-electron chi connectivity index (χ1n) is 8.80. The lowest BCUT2D eigenvalue weighted by molar-refractivity contribution is 0.609. The van der Waals surface area contributed by atoms with Gasteiger partial charge in [-0.25, -0.2) is 0 Å². The molecular weight excluding hydrogens is 256 g/mol.